The van der Waals surface area contributed by atoms with E-state index in [4.69, 9.17) is 11.6 Å². The van der Waals surface area contributed by atoms with Crippen LogP contribution in [0.1, 0.15) is 11.1 Å². The van der Waals surface area contributed by atoms with Crippen molar-refractivity contribution in [2.24, 2.45) is 0 Å². The number of aromatic amines is 1. The number of aliphatic hydroxyl groups is 1. The zero-order chi connectivity index (χ0) is 20.0. The van der Waals surface area contributed by atoms with Gasteiger partial charge in [0, 0.05) is 24.2 Å². The molecule has 1 aliphatic heterocycles. The Morgan fingerprint density at radius 2 is 1.86 bits per heavy atom. The lowest BCUT2D eigenvalue weighted by atomic mass is 10.0. The maximum Gasteiger partial charge on any atom is 0.243 e. The number of carbonyl (C=O) groups excluding carboxylic acids is 1. The molecule has 3 N–H and O–H groups in total. The van der Waals surface area contributed by atoms with Crippen molar-refractivity contribution in [1.82, 2.24) is 15.2 Å². The number of rotatable bonds is 4. The number of fused-ring (bicyclic) bond motifs is 1. The van der Waals surface area contributed by atoms with Crippen LogP contribution >= 0.6 is 11.6 Å². The van der Waals surface area contributed by atoms with Crippen LogP contribution in [0.4, 0.5) is 13.2 Å². The summed E-state index contributed by atoms with van der Waals surface area (Å²) in [5, 5.41) is 13.6. The fraction of sp³-hybridized carbons (Fsp3) is 0.211. The smallest absolute Gasteiger partial charge is 0.243 e. The minimum absolute atomic E-state index is 0.0377. The van der Waals surface area contributed by atoms with Gasteiger partial charge >= 0.3 is 0 Å². The van der Waals surface area contributed by atoms with Crippen molar-refractivity contribution in [3.05, 3.63) is 70.1 Å². The maximum absolute atomic E-state index is 13.6. The molecule has 2 atom stereocenters. The Kier molecular flexibility index (Phi) is 4.78. The highest BCUT2D eigenvalue weighted by molar-refractivity contribution is 6.35. The van der Waals surface area contributed by atoms with Crippen molar-refractivity contribution in [2.75, 3.05) is 0 Å². The summed E-state index contributed by atoms with van der Waals surface area (Å²) in [7, 11) is 0. The Morgan fingerprint density at radius 1 is 1.14 bits per heavy atom. The Hall–Kier alpha value is -2.55. The largest absolute Gasteiger partial charge is 0.361 e. The molecular weight excluding hydrogens is 395 g/mol. The van der Waals surface area contributed by atoms with Gasteiger partial charge in [0.05, 0.1) is 11.6 Å². The second-order valence-electron chi connectivity index (χ2n) is 6.64. The molecule has 2 aromatic carbocycles. The normalized spacial score (nSPS) is 19.8. The molecule has 3 aromatic rings. The van der Waals surface area contributed by atoms with E-state index < -0.39 is 35.8 Å². The second-order valence-corrected chi connectivity index (χ2v) is 7.02. The van der Waals surface area contributed by atoms with Gasteiger partial charge in [0.25, 0.3) is 0 Å². The van der Waals surface area contributed by atoms with Crippen LogP contribution in [-0.4, -0.2) is 33.3 Å². The fourth-order valence-electron chi connectivity index (χ4n) is 3.46. The number of hydrogen-bond donors (Lipinski definition) is 3. The van der Waals surface area contributed by atoms with Gasteiger partial charge in [-0.2, -0.15) is 0 Å². The van der Waals surface area contributed by atoms with Crippen molar-refractivity contribution in [3.8, 4) is 0 Å². The second kappa shape index (κ2) is 7.12. The number of hydrogen-bond acceptors (Lipinski definition) is 3. The van der Waals surface area contributed by atoms with E-state index in [9.17, 15) is 23.1 Å². The third-order valence-electron chi connectivity index (χ3n) is 4.76. The summed E-state index contributed by atoms with van der Waals surface area (Å²) in [6.07, 6.45) is 0.545. The molecule has 146 valence electrons. The van der Waals surface area contributed by atoms with Gasteiger partial charge in [-0.25, -0.2) is 13.2 Å². The fourth-order valence-corrected chi connectivity index (χ4v) is 3.68. The van der Waals surface area contributed by atoms with Gasteiger partial charge in [0.1, 0.15) is 22.5 Å². The van der Waals surface area contributed by atoms with Gasteiger partial charge in [-0.05, 0) is 41.8 Å². The zero-order valence-electron chi connectivity index (χ0n) is 14.3. The molecule has 1 unspecified atom stereocenters. The van der Waals surface area contributed by atoms with Gasteiger partial charge in [0.2, 0.25) is 5.91 Å². The molecule has 2 heterocycles. The monoisotopic (exact) mass is 409 g/mol. The first-order chi connectivity index (χ1) is 13.3. The summed E-state index contributed by atoms with van der Waals surface area (Å²) < 4.78 is 40.3. The molecule has 1 amide bonds. The highest BCUT2D eigenvalue weighted by Crippen LogP contribution is 2.29. The first-order valence-corrected chi connectivity index (χ1v) is 8.85. The average molecular weight is 410 g/mol. The predicted octanol–water partition coefficient (Wildman–Crippen LogP) is 3.06. The molecule has 0 saturated carbocycles. The minimum atomic E-state index is -1.30. The molecule has 0 bridgehead atoms. The summed E-state index contributed by atoms with van der Waals surface area (Å²) >= 11 is 5.95. The summed E-state index contributed by atoms with van der Waals surface area (Å²) in [5.74, 6) is -2.49. The van der Waals surface area contributed by atoms with Gasteiger partial charge in [-0.15, -0.1) is 0 Å². The van der Waals surface area contributed by atoms with Crippen molar-refractivity contribution in [2.45, 2.75) is 25.4 Å². The lowest BCUT2D eigenvalue weighted by Crippen LogP contribution is -2.36. The lowest BCUT2D eigenvalue weighted by molar-refractivity contribution is -0.134. The number of nitrogens with zero attached hydrogens (tertiary/aromatic N) is 1. The SMILES string of the molecule is O=C1[C@@H](Cc2c[nH]c3c(Cl)c(F)ccc23)NC(O)N1Cc1cc(F)cc(F)c1. The molecular formula is C19H15ClF3N3O2. The van der Waals surface area contributed by atoms with Crippen LogP contribution in [0.3, 0.4) is 0 Å². The van der Waals surface area contributed by atoms with E-state index >= 15 is 0 Å². The van der Waals surface area contributed by atoms with Gasteiger partial charge in [-0.1, -0.05) is 11.6 Å². The molecule has 1 saturated heterocycles. The standard InChI is InChI=1S/C19H15ClF3N3O2/c20-16-14(23)2-1-13-10(7-24-17(13)16)5-15-18(27)26(19(28)25-15)8-9-3-11(21)6-12(22)4-9/h1-4,6-7,15,19,24-25,28H,5,8H2/t15-,19?/m1/s1. The quantitative estimate of drug-likeness (QED) is 0.620. The number of amides is 1. The number of aromatic nitrogens is 1. The molecule has 28 heavy (non-hydrogen) atoms. The molecule has 1 fully saturated rings. The van der Waals surface area contributed by atoms with Gasteiger partial charge < -0.3 is 10.1 Å². The maximum atomic E-state index is 13.6. The molecule has 4 rings (SSSR count). The van der Waals surface area contributed by atoms with Crippen molar-refractivity contribution < 1.29 is 23.1 Å². The summed E-state index contributed by atoms with van der Waals surface area (Å²) in [4.78, 5) is 16.7. The van der Waals surface area contributed by atoms with Crippen molar-refractivity contribution >= 4 is 28.4 Å². The van der Waals surface area contributed by atoms with E-state index in [2.05, 4.69) is 10.3 Å². The molecule has 9 heteroatoms. The number of carbonyl (C=O) groups is 1. The summed E-state index contributed by atoms with van der Waals surface area (Å²) in [6.45, 7) is -0.150. The average Bonchev–Trinajstić information content (AvgIpc) is 3.14. The highest BCUT2D eigenvalue weighted by Gasteiger charge is 2.38. The lowest BCUT2D eigenvalue weighted by Gasteiger charge is -2.19. The highest BCUT2D eigenvalue weighted by atomic mass is 35.5. The Balaban J connectivity index is 1.54. The first kappa shape index (κ1) is 18.8. The van der Waals surface area contributed by atoms with E-state index in [0.717, 1.165) is 23.1 Å². The van der Waals surface area contributed by atoms with Crippen LogP contribution in [0.2, 0.25) is 5.02 Å². The number of H-pyrrole nitrogens is 1. The third kappa shape index (κ3) is 3.34. The zero-order valence-corrected chi connectivity index (χ0v) is 15.1. The van der Waals surface area contributed by atoms with E-state index in [1.54, 1.807) is 12.3 Å². The van der Waals surface area contributed by atoms with Crippen molar-refractivity contribution in [1.29, 1.82) is 0 Å². The summed E-state index contributed by atoms with van der Waals surface area (Å²) in [6, 6.07) is 4.99. The topological polar surface area (TPSA) is 68.4 Å². The minimum Gasteiger partial charge on any atom is -0.361 e. The third-order valence-corrected chi connectivity index (χ3v) is 5.13. The van der Waals surface area contributed by atoms with Crippen LogP contribution in [0.15, 0.2) is 36.5 Å². The molecule has 1 aliphatic rings. The number of nitrogens with one attached hydrogen (secondary N) is 2. The molecule has 0 aliphatic carbocycles. The Labute approximate surface area is 162 Å². The van der Waals surface area contributed by atoms with Gasteiger partial charge in [-0.3, -0.25) is 15.0 Å². The van der Waals surface area contributed by atoms with Crippen LogP contribution in [0.25, 0.3) is 10.9 Å². The molecule has 0 spiro atoms. The number of aliphatic hydroxyl groups excluding tert-OH is 1. The Bertz CT molecular complexity index is 1050. The predicted molar refractivity (Wildman–Crippen MR) is 96.8 cm³/mol. The first-order valence-electron chi connectivity index (χ1n) is 8.47. The van der Waals surface area contributed by atoms with Crippen molar-refractivity contribution in [3.63, 3.8) is 0 Å². The van der Waals surface area contributed by atoms with E-state index in [-0.39, 0.29) is 23.6 Å². The Morgan fingerprint density at radius 3 is 2.57 bits per heavy atom. The molecule has 5 nitrogen and oxygen atoms in total. The van der Waals surface area contributed by atoms with Gasteiger partial charge in [0.15, 0.2) is 6.35 Å². The number of halogens is 4. The van der Waals surface area contributed by atoms with Crippen LogP contribution in [0, 0.1) is 17.5 Å². The van der Waals surface area contributed by atoms with Crippen LogP contribution in [0.5, 0.6) is 0 Å². The van der Waals surface area contributed by atoms with E-state index in [1.165, 1.54) is 6.07 Å². The van der Waals surface area contributed by atoms with E-state index in [0.29, 0.717) is 16.5 Å². The van der Waals surface area contributed by atoms with Crippen LogP contribution < -0.4 is 5.32 Å². The van der Waals surface area contributed by atoms with E-state index in [1.807, 2.05) is 0 Å². The molecule has 0 radical (unpaired) electrons. The molecule has 1 aromatic heterocycles. The summed E-state index contributed by atoms with van der Waals surface area (Å²) in [5.41, 5.74) is 1.37. The van der Waals surface area contributed by atoms with Crippen LogP contribution in [-0.2, 0) is 17.8 Å². The number of benzene rings is 2.